The molecule has 16 heavy (non-hydrogen) atoms. The van der Waals surface area contributed by atoms with E-state index >= 15 is 0 Å². The van der Waals surface area contributed by atoms with Crippen molar-refractivity contribution in [1.82, 2.24) is 0 Å². The lowest BCUT2D eigenvalue weighted by Gasteiger charge is -2.43. The molecule has 0 aromatic heterocycles. The monoisotopic (exact) mass is 256 g/mol. The fraction of sp³-hybridized carbons (Fsp3) is 0.200. The molecular weight excluding hydrogens is 247 g/mol. The normalized spacial score (nSPS) is 20.4. The Balaban J connectivity index is 2.44. The van der Waals surface area contributed by atoms with Gasteiger partial charge in [0.25, 0.3) is 0 Å². The largest absolute Gasteiger partial charge is 0.307 e. The Morgan fingerprint density at radius 1 is 0.875 bits per heavy atom. The maximum Gasteiger partial charge on any atom is 0.307 e. The lowest BCUT2D eigenvalue weighted by Crippen LogP contribution is -2.15. The number of benzene rings is 1. The number of hydrogen-bond donors (Lipinski definition) is 0. The molecule has 0 saturated heterocycles. The van der Waals surface area contributed by atoms with Crippen molar-refractivity contribution in [3.8, 4) is 0 Å². The predicted molar refractivity (Wildman–Crippen MR) is 55.1 cm³/mol. The lowest BCUT2D eigenvalue weighted by atomic mass is 9.97. The molecule has 0 heterocycles. The second-order valence-electron chi connectivity index (χ2n) is 3.79. The van der Waals surface area contributed by atoms with Crippen LogP contribution in [0.2, 0.25) is 0 Å². The molecule has 0 amide bonds. The summed E-state index contributed by atoms with van der Waals surface area (Å²) >= 11 is 0. The average molecular weight is 256 g/mol. The number of hydrogen-bond acceptors (Lipinski definition) is 0. The molecule has 0 nitrogen and oxygen atoms in total. The van der Waals surface area contributed by atoms with Gasteiger partial charge in [-0.1, -0.05) is 49.8 Å². The molecule has 0 fully saturated rings. The molecule has 0 aliphatic heterocycles. The fourth-order valence-corrected chi connectivity index (χ4v) is 2.53. The molecule has 0 radical (unpaired) electrons. The Kier molecular flexibility index (Phi) is 1.87. The molecule has 0 bridgehead atoms. The van der Waals surface area contributed by atoms with Crippen LogP contribution in [-0.4, -0.2) is 0 Å². The lowest BCUT2D eigenvalue weighted by molar-refractivity contribution is 0.376. The average Bonchev–Trinajstić information content (AvgIpc) is 2.13. The second kappa shape index (κ2) is 2.61. The number of halogens is 5. The summed E-state index contributed by atoms with van der Waals surface area (Å²) in [6, 6.07) is 6.32. The third-order valence-electron chi connectivity index (χ3n) is 2.53. The van der Waals surface area contributed by atoms with Crippen LogP contribution in [0.1, 0.15) is 11.1 Å². The number of rotatable bonds is 1. The summed E-state index contributed by atoms with van der Waals surface area (Å²) in [5.74, 6) is 0. The van der Waals surface area contributed by atoms with Crippen LogP contribution in [0.25, 0.3) is 0 Å². The predicted octanol–water partition coefficient (Wildman–Crippen LogP) is 4.97. The van der Waals surface area contributed by atoms with E-state index in [2.05, 4.69) is 0 Å². The van der Waals surface area contributed by atoms with Gasteiger partial charge >= 0.3 is 10.2 Å². The van der Waals surface area contributed by atoms with Gasteiger partial charge in [-0.15, -0.1) is 0 Å². The van der Waals surface area contributed by atoms with E-state index in [1.54, 1.807) is 18.2 Å². The van der Waals surface area contributed by atoms with Crippen molar-refractivity contribution in [2.24, 2.45) is 0 Å². The van der Waals surface area contributed by atoms with Crippen molar-refractivity contribution in [3.63, 3.8) is 0 Å². The van der Waals surface area contributed by atoms with Gasteiger partial charge in [-0.3, -0.25) is 0 Å². The Morgan fingerprint density at radius 2 is 1.44 bits per heavy atom. The zero-order valence-electron chi connectivity index (χ0n) is 8.10. The quantitative estimate of drug-likeness (QED) is 0.622. The van der Waals surface area contributed by atoms with Gasteiger partial charge in [0.1, 0.15) is 0 Å². The molecule has 2 rings (SSSR count). The highest BCUT2D eigenvalue weighted by molar-refractivity contribution is 8.48. The van der Waals surface area contributed by atoms with Crippen LogP contribution in [0.5, 0.6) is 0 Å². The summed E-state index contributed by atoms with van der Waals surface area (Å²) in [4.78, 5) is -1.67. The van der Waals surface area contributed by atoms with Crippen molar-refractivity contribution < 1.29 is 19.4 Å². The minimum atomic E-state index is -9.47. The molecule has 1 aliphatic rings. The van der Waals surface area contributed by atoms with Crippen molar-refractivity contribution in [2.45, 2.75) is 12.8 Å². The van der Waals surface area contributed by atoms with Crippen molar-refractivity contribution in [2.75, 3.05) is 0 Å². The van der Waals surface area contributed by atoms with Gasteiger partial charge in [-0.05, 0) is 17.5 Å². The van der Waals surface area contributed by atoms with Crippen molar-refractivity contribution in [3.05, 3.63) is 46.4 Å². The molecule has 0 spiro atoms. The van der Waals surface area contributed by atoms with E-state index in [1.165, 1.54) is 6.07 Å². The van der Waals surface area contributed by atoms with Crippen LogP contribution < -0.4 is 0 Å². The van der Waals surface area contributed by atoms with Crippen LogP contribution in [0.15, 0.2) is 35.2 Å². The first-order valence-electron chi connectivity index (χ1n) is 4.56. The fourth-order valence-electron chi connectivity index (χ4n) is 1.71. The zero-order chi connectivity index (χ0) is 12.1. The molecular formula is C10H9F5S. The summed E-state index contributed by atoms with van der Waals surface area (Å²) in [5.41, 5.74) is 1.00. The Labute approximate surface area is 89.5 Å². The minimum absolute atomic E-state index is 0.0862. The second-order valence-corrected chi connectivity index (χ2v) is 6.25. The maximum absolute atomic E-state index is 12.5. The molecule has 0 atom stereocenters. The van der Waals surface area contributed by atoms with Crippen LogP contribution in [0.3, 0.4) is 0 Å². The first-order valence-corrected chi connectivity index (χ1v) is 6.51. The highest BCUT2D eigenvalue weighted by Gasteiger charge is 2.66. The van der Waals surface area contributed by atoms with Gasteiger partial charge in [0, 0.05) is 6.42 Å². The molecule has 0 unspecified atom stereocenters. The SMILES string of the molecule is FS(F)(F)(F)(F)C1=CCc2ccccc2C1. The Bertz CT molecular complexity index is 471. The molecule has 0 N–H and O–H groups in total. The van der Waals surface area contributed by atoms with Gasteiger partial charge in [-0.2, -0.15) is 0 Å². The van der Waals surface area contributed by atoms with E-state index in [4.69, 9.17) is 0 Å². The number of allylic oxidation sites excluding steroid dienone is 2. The molecule has 0 saturated carbocycles. The van der Waals surface area contributed by atoms with Crippen LogP contribution >= 0.6 is 10.2 Å². The summed E-state index contributed by atoms with van der Waals surface area (Å²) in [5, 5.41) is 0. The third-order valence-corrected chi connectivity index (χ3v) is 3.83. The van der Waals surface area contributed by atoms with Gasteiger partial charge < -0.3 is 0 Å². The van der Waals surface area contributed by atoms with Crippen molar-refractivity contribution >= 4 is 10.2 Å². The van der Waals surface area contributed by atoms with E-state index in [0.717, 1.165) is 0 Å². The van der Waals surface area contributed by atoms with Crippen LogP contribution in [0.4, 0.5) is 19.4 Å². The molecule has 1 aromatic rings. The molecule has 1 aromatic carbocycles. The first-order chi connectivity index (χ1) is 7.06. The standard InChI is InChI=1S/C10H9F5S/c11-16(12,13,14,15)10-6-5-8-3-1-2-4-9(8)7-10/h1-4,6H,5,7H2. The molecule has 1 aliphatic carbocycles. The van der Waals surface area contributed by atoms with Gasteiger partial charge in [0.15, 0.2) is 0 Å². The third kappa shape index (κ3) is 2.21. The summed E-state index contributed by atoms with van der Waals surface area (Å²) in [6.07, 6.45) is -0.213. The summed E-state index contributed by atoms with van der Waals surface area (Å²) < 4.78 is 62.6. The molecule has 6 heteroatoms. The van der Waals surface area contributed by atoms with Crippen LogP contribution in [0, 0.1) is 0 Å². The van der Waals surface area contributed by atoms with E-state index in [-0.39, 0.29) is 6.42 Å². The minimum Gasteiger partial charge on any atom is -0.0939 e. The topological polar surface area (TPSA) is 0 Å². The molecule has 90 valence electrons. The van der Waals surface area contributed by atoms with E-state index in [9.17, 15) is 19.4 Å². The highest BCUT2D eigenvalue weighted by atomic mass is 32.5. The van der Waals surface area contributed by atoms with Crippen LogP contribution in [-0.2, 0) is 12.8 Å². The smallest absolute Gasteiger partial charge is 0.0939 e. The van der Waals surface area contributed by atoms with Crippen molar-refractivity contribution in [1.29, 1.82) is 0 Å². The van der Waals surface area contributed by atoms with E-state index < -0.39 is 21.5 Å². The van der Waals surface area contributed by atoms with Gasteiger partial charge in [-0.25, -0.2) is 0 Å². The Morgan fingerprint density at radius 3 is 2.00 bits per heavy atom. The van der Waals surface area contributed by atoms with Gasteiger partial charge in [0.05, 0.1) is 4.91 Å². The first kappa shape index (κ1) is 11.4. The zero-order valence-corrected chi connectivity index (χ0v) is 8.92. The highest BCUT2D eigenvalue weighted by Crippen LogP contribution is 3.02. The number of fused-ring (bicyclic) bond motifs is 1. The summed E-state index contributed by atoms with van der Waals surface area (Å²) in [6.45, 7) is 0. The van der Waals surface area contributed by atoms with Gasteiger partial charge in [0.2, 0.25) is 0 Å². The van der Waals surface area contributed by atoms with E-state index in [0.29, 0.717) is 17.2 Å². The Hall–Kier alpha value is -1.04. The maximum atomic E-state index is 12.5. The summed E-state index contributed by atoms with van der Waals surface area (Å²) in [7, 11) is -9.47. The van der Waals surface area contributed by atoms with E-state index in [1.807, 2.05) is 0 Å².